The smallest absolute Gasteiger partial charge is 0.339 e. The third-order valence-corrected chi connectivity index (χ3v) is 1.54. The molecular formula is C9H10FNO2. The molecule has 1 rings (SSSR count). The van der Waals surface area contributed by atoms with Crippen LogP contribution in [0.25, 0.3) is 0 Å². The van der Waals surface area contributed by atoms with Gasteiger partial charge in [0.05, 0.1) is 17.9 Å². The number of hydrogen-bond donors (Lipinski definition) is 0. The Labute approximate surface area is 75.6 Å². The van der Waals surface area contributed by atoms with Crippen molar-refractivity contribution >= 4 is 5.97 Å². The van der Waals surface area contributed by atoms with E-state index in [0.717, 1.165) is 6.07 Å². The van der Waals surface area contributed by atoms with Crippen LogP contribution in [0.3, 0.4) is 0 Å². The first-order valence-electron chi connectivity index (χ1n) is 3.94. The van der Waals surface area contributed by atoms with Crippen LogP contribution in [0.4, 0.5) is 4.39 Å². The van der Waals surface area contributed by atoms with Crippen LogP contribution in [0, 0.1) is 12.7 Å². The molecule has 0 amide bonds. The number of hydrogen-bond acceptors (Lipinski definition) is 3. The lowest BCUT2D eigenvalue weighted by molar-refractivity contribution is 0.0525. The molecule has 0 spiro atoms. The highest BCUT2D eigenvalue weighted by Crippen LogP contribution is 2.06. The summed E-state index contributed by atoms with van der Waals surface area (Å²) in [6, 6.07) is 1.13. The van der Waals surface area contributed by atoms with E-state index in [1.54, 1.807) is 6.92 Å². The first kappa shape index (κ1) is 9.64. The molecule has 1 aromatic heterocycles. The number of ether oxygens (including phenoxy) is 1. The van der Waals surface area contributed by atoms with E-state index in [-0.39, 0.29) is 17.9 Å². The normalized spacial score (nSPS) is 9.77. The zero-order valence-corrected chi connectivity index (χ0v) is 7.50. The van der Waals surface area contributed by atoms with E-state index in [1.165, 1.54) is 13.1 Å². The van der Waals surface area contributed by atoms with E-state index < -0.39 is 11.8 Å². The van der Waals surface area contributed by atoms with Crippen molar-refractivity contribution in [2.45, 2.75) is 13.8 Å². The second-order valence-corrected chi connectivity index (χ2v) is 2.51. The summed E-state index contributed by atoms with van der Waals surface area (Å²) in [5, 5.41) is 0. The number of pyridine rings is 1. The molecule has 70 valence electrons. The van der Waals surface area contributed by atoms with Crippen LogP contribution in [-0.2, 0) is 4.74 Å². The fraction of sp³-hybridized carbons (Fsp3) is 0.333. The van der Waals surface area contributed by atoms with Gasteiger partial charge < -0.3 is 4.74 Å². The molecule has 0 unspecified atom stereocenters. The van der Waals surface area contributed by atoms with Crippen molar-refractivity contribution in [1.29, 1.82) is 0 Å². The molecule has 0 aromatic carbocycles. The van der Waals surface area contributed by atoms with E-state index >= 15 is 0 Å². The molecule has 0 aliphatic rings. The van der Waals surface area contributed by atoms with E-state index in [0.29, 0.717) is 0 Å². The lowest BCUT2D eigenvalue weighted by Crippen LogP contribution is -2.06. The van der Waals surface area contributed by atoms with Gasteiger partial charge in [-0.05, 0) is 19.9 Å². The Kier molecular flexibility index (Phi) is 2.95. The van der Waals surface area contributed by atoms with Gasteiger partial charge in [-0.2, -0.15) is 0 Å². The van der Waals surface area contributed by atoms with Gasteiger partial charge in [-0.3, -0.25) is 4.98 Å². The number of esters is 1. The van der Waals surface area contributed by atoms with Gasteiger partial charge in [-0.25, -0.2) is 9.18 Å². The average molecular weight is 183 g/mol. The number of carbonyl (C=O) groups excluding carboxylic acids is 1. The summed E-state index contributed by atoms with van der Waals surface area (Å²) in [5.41, 5.74) is 0.415. The Morgan fingerprint density at radius 1 is 1.69 bits per heavy atom. The van der Waals surface area contributed by atoms with Gasteiger partial charge in [0.1, 0.15) is 5.82 Å². The van der Waals surface area contributed by atoms with Gasteiger partial charge in [0.2, 0.25) is 0 Å². The Morgan fingerprint density at radius 3 is 2.92 bits per heavy atom. The number of halogens is 1. The number of carbonyl (C=O) groups is 1. The fourth-order valence-corrected chi connectivity index (χ4v) is 0.832. The summed E-state index contributed by atoms with van der Waals surface area (Å²) in [6.07, 6.45) is 1.30. The molecule has 1 heterocycles. The minimum Gasteiger partial charge on any atom is -0.462 e. The molecule has 0 radical (unpaired) electrons. The van der Waals surface area contributed by atoms with Crippen LogP contribution in [0.1, 0.15) is 23.0 Å². The molecule has 0 aliphatic carbocycles. The van der Waals surface area contributed by atoms with Crippen molar-refractivity contribution in [1.82, 2.24) is 4.98 Å². The zero-order chi connectivity index (χ0) is 9.84. The quantitative estimate of drug-likeness (QED) is 0.655. The van der Waals surface area contributed by atoms with E-state index in [1.807, 2.05) is 0 Å². The summed E-state index contributed by atoms with van der Waals surface area (Å²) in [6.45, 7) is 3.49. The first-order chi connectivity index (χ1) is 6.15. The third-order valence-electron chi connectivity index (χ3n) is 1.54. The van der Waals surface area contributed by atoms with Crippen LogP contribution < -0.4 is 0 Å². The van der Waals surface area contributed by atoms with Gasteiger partial charge in [-0.1, -0.05) is 0 Å². The lowest BCUT2D eigenvalue weighted by atomic mass is 10.2. The molecule has 3 nitrogen and oxygen atoms in total. The summed E-state index contributed by atoms with van der Waals surface area (Å²) in [7, 11) is 0. The third kappa shape index (κ3) is 2.24. The minimum absolute atomic E-state index is 0.143. The summed E-state index contributed by atoms with van der Waals surface area (Å²) in [5.74, 6) is -1.04. The van der Waals surface area contributed by atoms with Crippen molar-refractivity contribution in [2.75, 3.05) is 6.61 Å². The van der Waals surface area contributed by atoms with Crippen LogP contribution in [0.2, 0.25) is 0 Å². The molecule has 0 atom stereocenters. The minimum atomic E-state index is -0.547. The van der Waals surface area contributed by atoms with Gasteiger partial charge in [-0.15, -0.1) is 0 Å². The van der Waals surface area contributed by atoms with E-state index in [2.05, 4.69) is 9.72 Å². The average Bonchev–Trinajstić information content (AvgIpc) is 2.10. The second kappa shape index (κ2) is 3.98. The summed E-state index contributed by atoms with van der Waals surface area (Å²) >= 11 is 0. The van der Waals surface area contributed by atoms with Gasteiger partial charge >= 0.3 is 5.97 Å². The fourth-order valence-electron chi connectivity index (χ4n) is 0.832. The largest absolute Gasteiger partial charge is 0.462 e. The molecule has 0 bridgehead atoms. The molecule has 0 saturated carbocycles. The SMILES string of the molecule is CCOC(=O)c1cnc(C)c(F)c1. The molecular weight excluding hydrogens is 173 g/mol. The Bertz CT molecular complexity index is 325. The van der Waals surface area contributed by atoms with E-state index in [4.69, 9.17) is 0 Å². The van der Waals surface area contributed by atoms with Crippen molar-refractivity contribution in [3.05, 3.63) is 29.3 Å². The highest BCUT2D eigenvalue weighted by Gasteiger charge is 2.08. The first-order valence-corrected chi connectivity index (χ1v) is 3.94. The van der Waals surface area contributed by atoms with Gasteiger partial charge in [0.25, 0.3) is 0 Å². The van der Waals surface area contributed by atoms with Crippen molar-refractivity contribution in [3.63, 3.8) is 0 Å². The topological polar surface area (TPSA) is 39.2 Å². The molecule has 0 aliphatic heterocycles. The van der Waals surface area contributed by atoms with Crippen molar-refractivity contribution in [3.8, 4) is 0 Å². The van der Waals surface area contributed by atoms with Crippen LogP contribution in [0.5, 0.6) is 0 Å². The number of aromatic nitrogens is 1. The monoisotopic (exact) mass is 183 g/mol. The highest BCUT2D eigenvalue weighted by molar-refractivity contribution is 5.88. The zero-order valence-electron chi connectivity index (χ0n) is 7.50. The predicted molar refractivity (Wildman–Crippen MR) is 44.9 cm³/mol. The maximum Gasteiger partial charge on any atom is 0.339 e. The maximum atomic E-state index is 12.9. The molecule has 13 heavy (non-hydrogen) atoms. The van der Waals surface area contributed by atoms with Crippen molar-refractivity contribution in [2.24, 2.45) is 0 Å². The lowest BCUT2D eigenvalue weighted by Gasteiger charge is -2.01. The standard InChI is InChI=1S/C9H10FNO2/c1-3-13-9(12)7-4-8(10)6(2)11-5-7/h4-5H,3H2,1-2H3. The molecule has 4 heteroatoms. The number of aryl methyl sites for hydroxylation is 1. The maximum absolute atomic E-state index is 12.9. The predicted octanol–water partition coefficient (Wildman–Crippen LogP) is 1.71. The van der Waals surface area contributed by atoms with E-state index in [9.17, 15) is 9.18 Å². The summed E-state index contributed by atoms with van der Waals surface area (Å²) < 4.78 is 17.6. The number of nitrogens with zero attached hydrogens (tertiary/aromatic N) is 1. The van der Waals surface area contributed by atoms with Crippen LogP contribution in [0.15, 0.2) is 12.3 Å². The summed E-state index contributed by atoms with van der Waals surface area (Å²) in [4.78, 5) is 14.8. The Balaban J connectivity index is 2.90. The molecule has 1 aromatic rings. The second-order valence-electron chi connectivity index (χ2n) is 2.51. The number of rotatable bonds is 2. The van der Waals surface area contributed by atoms with Gasteiger partial charge in [0.15, 0.2) is 0 Å². The van der Waals surface area contributed by atoms with Crippen LogP contribution >= 0.6 is 0 Å². The molecule has 0 saturated heterocycles. The highest BCUT2D eigenvalue weighted by atomic mass is 19.1. The molecule has 0 fully saturated rings. The Morgan fingerprint density at radius 2 is 2.38 bits per heavy atom. The van der Waals surface area contributed by atoms with Crippen molar-refractivity contribution < 1.29 is 13.9 Å². The van der Waals surface area contributed by atoms with Gasteiger partial charge in [0, 0.05) is 6.20 Å². The Hall–Kier alpha value is -1.45. The molecule has 0 N–H and O–H groups in total. The van der Waals surface area contributed by atoms with Crippen LogP contribution in [-0.4, -0.2) is 17.6 Å².